The van der Waals surface area contributed by atoms with Crippen LogP contribution >= 0.6 is 0 Å². The highest BCUT2D eigenvalue weighted by atomic mass is 19.4. The predicted molar refractivity (Wildman–Crippen MR) is 101 cm³/mol. The summed E-state index contributed by atoms with van der Waals surface area (Å²) in [5.74, 6) is -0.368. The molecule has 0 radical (unpaired) electrons. The van der Waals surface area contributed by atoms with Crippen molar-refractivity contribution in [1.82, 2.24) is 10.5 Å². The van der Waals surface area contributed by atoms with Gasteiger partial charge in [0.25, 0.3) is 5.91 Å². The van der Waals surface area contributed by atoms with Crippen LogP contribution in [0.15, 0.2) is 53.1 Å². The molecule has 0 spiro atoms. The van der Waals surface area contributed by atoms with Gasteiger partial charge in [-0.1, -0.05) is 41.6 Å². The van der Waals surface area contributed by atoms with Crippen LogP contribution in [0.5, 0.6) is 0 Å². The zero-order chi connectivity index (χ0) is 20.6. The molecule has 0 aliphatic heterocycles. The topological polar surface area (TPSA) is 55.1 Å². The number of benzene rings is 2. The quantitative estimate of drug-likeness (QED) is 0.634. The number of halogens is 3. The van der Waals surface area contributed by atoms with E-state index < -0.39 is 17.6 Å². The van der Waals surface area contributed by atoms with E-state index in [2.05, 4.69) is 10.5 Å². The smallest absolute Gasteiger partial charge is 0.355 e. The summed E-state index contributed by atoms with van der Waals surface area (Å²) in [6, 6.07) is 12.5. The standard InChI is InChI=1S/C22H19F3N2O2/c1-13-19(20(29-27-13)15-8-4-9-16(12-15)22(23,24)25)21(28)26-18-11-5-7-14-6-2-3-10-17(14)18/h2-4,6,8-10,12,18H,5,7,11H2,1H3,(H,26,28)/t18-/m1/s1. The van der Waals surface area contributed by atoms with E-state index in [1.54, 1.807) is 6.92 Å². The lowest BCUT2D eigenvalue weighted by Crippen LogP contribution is -2.31. The van der Waals surface area contributed by atoms with Crippen molar-refractivity contribution in [3.8, 4) is 11.3 Å². The number of alkyl halides is 3. The van der Waals surface area contributed by atoms with Gasteiger partial charge < -0.3 is 9.84 Å². The van der Waals surface area contributed by atoms with E-state index in [1.807, 2.05) is 24.3 Å². The summed E-state index contributed by atoms with van der Waals surface area (Å²) in [6.07, 6.45) is -1.78. The molecule has 4 rings (SSSR count). The minimum Gasteiger partial charge on any atom is -0.355 e. The molecule has 1 aliphatic carbocycles. The molecule has 1 heterocycles. The molecule has 0 bridgehead atoms. The van der Waals surface area contributed by atoms with E-state index in [4.69, 9.17) is 4.52 Å². The third-order valence-electron chi connectivity index (χ3n) is 5.22. The molecule has 1 aromatic heterocycles. The first kappa shape index (κ1) is 19.2. The Morgan fingerprint density at radius 1 is 1.17 bits per heavy atom. The average molecular weight is 400 g/mol. The Labute approximate surface area is 165 Å². The third-order valence-corrected chi connectivity index (χ3v) is 5.22. The zero-order valence-electron chi connectivity index (χ0n) is 15.7. The first-order valence-electron chi connectivity index (χ1n) is 9.37. The Kier molecular flexibility index (Phi) is 4.90. The molecule has 1 aliphatic rings. The fourth-order valence-electron chi connectivity index (χ4n) is 3.81. The number of aromatic nitrogens is 1. The number of rotatable bonds is 3. The number of nitrogens with one attached hydrogen (secondary N) is 1. The van der Waals surface area contributed by atoms with Crippen molar-refractivity contribution < 1.29 is 22.5 Å². The summed E-state index contributed by atoms with van der Waals surface area (Å²) >= 11 is 0. The molecule has 29 heavy (non-hydrogen) atoms. The van der Waals surface area contributed by atoms with Crippen LogP contribution in [0.1, 0.15) is 51.6 Å². The summed E-state index contributed by atoms with van der Waals surface area (Å²) in [5, 5.41) is 6.84. The second-order valence-corrected chi connectivity index (χ2v) is 7.17. The van der Waals surface area contributed by atoms with Gasteiger partial charge in [0.2, 0.25) is 0 Å². The van der Waals surface area contributed by atoms with Crippen molar-refractivity contribution in [3.63, 3.8) is 0 Å². The highest BCUT2D eigenvalue weighted by molar-refractivity contribution is 6.00. The lowest BCUT2D eigenvalue weighted by Gasteiger charge is -2.26. The van der Waals surface area contributed by atoms with Crippen LogP contribution in [0.3, 0.4) is 0 Å². The molecule has 7 heteroatoms. The molecule has 1 N–H and O–H groups in total. The van der Waals surface area contributed by atoms with Crippen LogP contribution in [-0.2, 0) is 12.6 Å². The van der Waals surface area contributed by atoms with Crippen LogP contribution in [-0.4, -0.2) is 11.1 Å². The van der Waals surface area contributed by atoms with Crippen molar-refractivity contribution in [1.29, 1.82) is 0 Å². The monoisotopic (exact) mass is 400 g/mol. The highest BCUT2D eigenvalue weighted by Gasteiger charge is 2.32. The van der Waals surface area contributed by atoms with Crippen LogP contribution in [0.2, 0.25) is 0 Å². The van der Waals surface area contributed by atoms with E-state index in [0.29, 0.717) is 5.69 Å². The van der Waals surface area contributed by atoms with Gasteiger partial charge in [0.05, 0.1) is 17.3 Å². The van der Waals surface area contributed by atoms with E-state index in [1.165, 1.54) is 17.7 Å². The Bertz CT molecular complexity index is 1060. The van der Waals surface area contributed by atoms with Gasteiger partial charge in [0.1, 0.15) is 5.56 Å². The third kappa shape index (κ3) is 3.77. The maximum absolute atomic E-state index is 13.1. The van der Waals surface area contributed by atoms with Gasteiger partial charge >= 0.3 is 6.18 Å². The Morgan fingerprint density at radius 3 is 2.76 bits per heavy atom. The van der Waals surface area contributed by atoms with Gasteiger partial charge in [0.15, 0.2) is 5.76 Å². The van der Waals surface area contributed by atoms with E-state index in [0.717, 1.165) is 37.0 Å². The molecule has 0 saturated carbocycles. The van der Waals surface area contributed by atoms with Crippen LogP contribution in [0, 0.1) is 6.92 Å². The zero-order valence-corrected chi connectivity index (χ0v) is 15.7. The minimum absolute atomic E-state index is 0.0372. The molecule has 3 aromatic rings. The second kappa shape index (κ2) is 7.39. The Hall–Kier alpha value is -3.09. The van der Waals surface area contributed by atoms with Gasteiger partial charge in [0, 0.05) is 5.56 Å². The van der Waals surface area contributed by atoms with Crippen molar-refractivity contribution in [2.24, 2.45) is 0 Å². The molecule has 150 valence electrons. The van der Waals surface area contributed by atoms with Crippen LogP contribution < -0.4 is 5.32 Å². The fourth-order valence-corrected chi connectivity index (χ4v) is 3.81. The fraction of sp³-hybridized carbons (Fsp3) is 0.273. The van der Waals surface area contributed by atoms with Crippen molar-refractivity contribution in [2.75, 3.05) is 0 Å². The lowest BCUT2D eigenvalue weighted by molar-refractivity contribution is -0.137. The van der Waals surface area contributed by atoms with Gasteiger partial charge in [-0.25, -0.2) is 0 Å². The molecular weight excluding hydrogens is 381 g/mol. The van der Waals surface area contributed by atoms with E-state index >= 15 is 0 Å². The average Bonchev–Trinajstić information content (AvgIpc) is 3.09. The largest absolute Gasteiger partial charge is 0.416 e. The van der Waals surface area contributed by atoms with E-state index in [9.17, 15) is 18.0 Å². The Morgan fingerprint density at radius 2 is 1.97 bits per heavy atom. The van der Waals surface area contributed by atoms with Gasteiger partial charge in [-0.3, -0.25) is 4.79 Å². The lowest BCUT2D eigenvalue weighted by atomic mass is 9.87. The molecule has 1 atom stereocenters. The van der Waals surface area contributed by atoms with Crippen LogP contribution in [0.4, 0.5) is 13.2 Å². The number of hydrogen-bond donors (Lipinski definition) is 1. The van der Waals surface area contributed by atoms with Crippen molar-refractivity contribution in [2.45, 2.75) is 38.4 Å². The van der Waals surface area contributed by atoms with Crippen molar-refractivity contribution >= 4 is 5.91 Å². The second-order valence-electron chi connectivity index (χ2n) is 7.17. The molecule has 0 unspecified atom stereocenters. The normalized spacial score (nSPS) is 16.3. The number of carbonyl (C=O) groups is 1. The number of carbonyl (C=O) groups excluding carboxylic acids is 1. The number of fused-ring (bicyclic) bond motifs is 1. The van der Waals surface area contributed by atoms with E-state index in [-0.39, 0.29) is 22.9 Å². The summed E-state index contributed by atoms with van der Waals surface area (Å²) in [4.78, 5) is 13.0. The van der Waals surface area contributed by atoms with Gasteiger partial charge in [-0.15, -0.1) is 0 Å². The number of nitrogens with zero attached hydrogens (tertiary/aromatic N) is 1. The minimum atomic E-state index is -4.49. The summed E-state index contributed by atoms with van der Waals surface area (Å²) < 4.78 is 44.5. The predicted octanol–water partition coefficient (Wildman–Crippen LogP) is 5.48. The summed E-state index contributed by atoms with van der Waals surface area (Å²) in [5.41, 5.74) is 2.11. The molecular formula is C22H19F3N2O2. The van der Waals surface area contributed by atoms with Gasteiger partial charge in [-0.2, -0.15) is 13.2 Å². The first-order valence-corrected chi connectivity index (χ1v) is 9.37. The molecule has 4 nitrogen and oxygen atoms in total. The number of hydrogen-bond acceptors (Lipinski definition) is 3. The summed E-state index contributed by atoms with van der Waals surface area (Å²) in [7, 11) is 0. The SMILES string of the molecule is Cc1noc(-c2cccc(C(F)(F)F)c2)c1C(=O)N[C@@H]1CCCc2ccccc21. The van der Waals surface area contributed by atoms with Gasteiger partial charge in [-0.05, 0) is 49.4 Å². The molecule has 1 amide bonds. The molecule has 0 saturated heterocycles. The first-order chi connectivity index (χ1) is 13.8. The number of amides is 1. The maximum Gasteiger partial charge on any atom is 0.416 e. The molecule has 2 aromatic carbocycles. The van der Waals surface area contributed by atoms with Crippen molar-refractivity contribution in [3.05, 3.63) is 76.5 Å². The Balaban J connectivity index is 1.66. The number of aryl methyl sites for hydroxylation is 2. The van der Waals surface area contributed by atoms with Crippen LogP contribution in [0.25, 0.3) is 11.3 Å². The summed E-state index contributed by atoms with van der Waals surface area (Å²) in [6.45, 7) is 1.60. The molecule has 0 fully saturated rings. The maximum atomic E-state index is 13.1. The highest BCUT2D eigenvalue weighted by Crippen LogP contribution is 2.35.